The van der Waals surface area contributed by atoms with Crippen LogP contribution in [0.1, 0.15) is 33.1 Å². The minimum Gasteiger partial charge on any atom is -0.352 e. The molecule has 0 spiro atoms. The van der Waals surface area contributed by atoms with E-state index in [4.69, 9.17) is 5.73 Å². The largest absolute Gasteiger partial charge is 0.352 e. The van der Waals surface area contributed by atoms with Crippen LogP contribution in [0.3, 0.4) is 0 Å². The lowest BCUT2D eigenvalue weighted by atomic mass is 10.0. The molecule has 1 fully saturated rings. The number of rotatable bonds is 4. The molecule has 2 atom stereocenters. The summed E-state index contributed by atoms with van der Waals surface area (Å²) in [5.74, 6) is 0.460. The third-order valence-electron chi connectivity index (χ3n) is 3.27. The van der Waals surface area contributed by atoms with Crippen LogP contribution >= 0.6 is 0 Å². The van der Waals surface area contributed by atoms with E-state index in [2.05, 4.69) is 17.3 Å². The number of carbonyl (C=O) groups excluding carboxylic acids is 1. The molecular formula is C12H25N3O. The number of piperidine rings is 1. The Balaban J connectivity index is 2.28. The van der Waals surface area contributed by atoms with Gasteiger partial charge in [0.15, 0.2) is 0 Å². The molecule has 2 unspecified atom stereocenters. The van der Waals surface area contributed by atoms with Crippen LogP contribution in [0.2, 0.25) is 0 Å². The van der Waals surface area contributed by atoms with Gasteiger partial charge < -0.3 is 16.0 Å². The zero-order valence-corrected chi connectivity index (χ0v) is 10.7. The molecule has 1 amide bonds. The van der Waals surface area contributed by atoms with Gasteiger partial charge in [-0.15, -0.1) is 0 Å². The van der Waals surface area contributed by atoms with Crippen molar-refractivity contribution in [2.75, 3.05) is 20.1 Å². The van der Waals surface area contributed by atoms with Gasteiger partial charge in [-0.2, -0.15) is 0 Å². The molecule has 0 saturated carbocycles. The van der Waals surface area contributed by atoms with Crippen LogP contribution in [0.5, 0.6) is 0 Å². The highest BCUT2D eigenvalue weighted by molar-refractivity contribution is 5.76. The molecule has 0 aromatic carbocycles. The quantitative estimate of drug-likeness (QED) is 0.738. The number of likely N-dealkylation sites (tertiary alicyclic amines) is 1. The van der Waals surface area contributed by atoms with E-state index in [0.717, 1.165) is 25.9 Å². The maximum absolute atomic E-state index is 11.7. The predicted octanol–water partition coefficient (Wildman–Crippen LogP) is 0.570. The molecule has 1 aliphatic rings. The number of nitrogens with two attached hydrogens (primary N) is 1. The van der Waals surface area contributed by atoms with Crippen molar-refractivity contribution in [2.45, 2.75) is 45.2 Å². The van der Waals surface area contributed by atoms with Gasteiger partial charge >= 0.3 is 0 Å². The molecule has 0 radical (unpaired) electrons. The van der Waals surface area contributed by atoms with Gasteiger partial charge in [0.25, 0.3) is 0 Å². The minimum atomic E-state index is -0.0266. The number of carbonyl (C=O) groups is 1. The van der Waals surface area contributed by atoms with Crippen molar-refractivity contribution in [1.29, 1.82) is 0 Å². The molecule has 0 aliphatic carbocycles. The molecule has 4 nitrogen and oxygen atoms in total. The summed E-state index contributed by atoms with van der Waals surface area (Å²) in [6, 6.07) is 0.284. The van der Waals surface area contributed by atoms with Crippen LogP contribution in [0.15, 0.2) is 0 Å². The van der Waals surface area contributed by atoms with Crippen molar-refractivity contribution < 1.29 is 4.79 Å². The molecule has 1 aliphatic heterocycles. The smallest absolute Gasteiger partial charge is 0.221 e. The molecule has 1 rings (SSSR count). The molecule has 0 bridgehead atoms. The van der Waals surface area contributed by atoms with Crippen LogP contribution in [0.25, 0.3) is 0 Å². The Kier molecular flexibility index (Phi) is 5.22. The van der Waals surface area contributed by atoms with E-state index in [-0.39, 0.29) is 11.9 Å². The first-order valence-electron chi connectivity index (χ1n) is 6.22. The van der Waals surface area contributed by atoms with Crippen molar-refractivity contribution in [3.05, 3.63) is 0 Å². The van der Waals surface area contributed by atoms with E-state index in [9.17, 15) is 4.79 Å². The average molecular weight is 227 g/mol. The second-order valence-electron chi connectivity index (χ2n) is 5.28. The van der Waals surface area contributed by atoms with Gasteiger partial charge in [0.1, 0.15) is 0 Å². The van der Waals surface area contributed by atoms with Crippen molar-refractivity contribution >= 4 is 5.91 Å². The lowest BCUT2D eigenvalue weighted by Gasteiger charge is -2.30. The molecule has 16 heavy (non-hydrogen) atoms. The number of hydrogen-bond acceptors (Lipinski definition) is 3. The zero-order valence-electron chi connectivity index (χ0n) is 10.7. The normalized spacial score (nSPS) is 24.4. The number of amides is 1. The van der Waals surface area contributed by atoms with Crippen LogP contribution in [0, 0.1) is 5.92 Å². The topological polar surface area (TPSA) is 58.4 Å². The summed E-state index contributed by atoms with van der Waals surface area (Å²) in [4.78, 5) is 14.0. The van der Waals surface area contributed by atoms with E-state index in [1.54, 1.807) is 0 Å². The summed E-state index contributed by atoms with van der Waals surface area (Å²) in [6.45, 7) is 6.19. The fraction of sp³-hybridized carbons (Fsp3) is 0.917. The average Bonchev–Trinajstić information content (AvgIpc) is 2.16. The summed E-state index contributed by atoms with van der Waals surface area (Å²) < 4.78 is 0. The third-order valence-corrected chi connectivity index (χ3v) is 3.27. The van der Waals surface area contributed by atoms with E-state index >= 15 is 0 Å². The highest BCUT2D eigenvalue weighted by atomic mass is 16.1. The number of nitrogens with one attached hydrogen (secondary N) is 1. The van der Waals surface area contributed by atoms with Crippen molar-refractivity contribution in [3.8, 4) is 0 Å². The Morgan fingerprint density at radius 2 is 2.25 bits per heavy atom. The van der Waals surface area contributed by atoms with E-state index in [1.165, 1.54) is 0 Å². The summed E-state index contributed by atoms with van der Waals surface area (Å²) in [6.07, 6.45) is 2.70. The third kappa shape index (κ3) is 4.49. The lowest BCUT2D eigenvalue weighted by Crippen LogP contribution is -2.47. The fourth-order valence-electron chi connectivity index (χ4n) is 2.02. The van der Waals surface area contributed by atoms with Gasteiger partial charge in [-0.3, -0.25) is 4.79 Å². The molecule has 1 heterocycles. The van der Waals surface area contributed by atoms with E-state index < -0.39 is 0 Å². The molecular weight excluding hydrogens is 202 g/mol. The molecule has 94 valence electrons. The highest BCUT2D eigenvalue weighted by Crippen LogP contribution is 2.09. The second-order valence-corrected chi connectivity index (χ2v) is 5.28. The fourth-order valence-corrected chi connectivity index (χ4v) is 2.02. The van der Waals surface area contributed by atoms with E-state index in [0.29, 0.717) is 18.4 Å². The minimum absolute atomic E-state index is 0.0266. The highest BCUT2D eigenvalue weighted by Gasteiger charge is 2.20. The Bertz CT molecular complexity index is 230. The van der Waals surface area contributed by atoms with Crippen LogP contribution < -0.4 is 11.1 Å². The zero-order chi connectivity index (χ0) is 12.1. The van der Waals surface area contributed by atoms with Gasteiger partial charge in [0.05, 0.1) is 0 Å². The maximum atomic E-state index is 11.7. The van der Waals surface area contributed by atoms with Gasteiger partial charge in [-0.05, 0) is 32.4 Å². The Morgan fingerprint density at radius 3 is 2.81 bits per heavy atom. The van der Waals surface area contributed by atoms with Gasteiger partial charge in [0, 0.05) is 25.0 Å². The van der Waals surface area contributed by atoms with Crippen LogP contribution in [-0.4, -0.2) is 43.0 Å². The maximum Gasteiger partial charge on any atom is 0.221 e. The molecule has 1 saturated heterocycles. The Hall–Kier alpha value is -0.610. The first kappa shape index (κ1) is 13.5. The van der Waals surface area contributed by atoms with E-state index in [1.807, 2.05) is 13.8 Å². The predicted molar refractivity (Wildman–Crippen MR) is 66.1 cm³/mol. The Morgan fingerprint density at radius 1 is 1.56 bits per heavy atom. The molecule has 3 N–H and O–H groups in total. The van der Waals surface area contributed by atoms with Crippen LogP contribution in [-0.2, 0) is 4.79 Å². The first-order chi connectivity index (χ1) is 7.49. The van der Waals surface area contributed by atoms with Crippen molar-refractivity contribution in [3.63, 3.8) is 0 Å². The molecule has 0 aromatic heterocycles. The monoisotopic (exact) mass is 227 g/mol. The van der Waals surface area contributed by atoms with Crippen LogP contribution in [0.4, 0.5) is 0 Å². The first-order valence-corrected chi connectivity index (χ1v) is 6.22. The molecule has 4 heteroatoms. The van der Waals surface area contributed by atoms with Gasteiger partial charge in [-0.25, -0.2) is 0 Å². The summed E-state index contributed by atoms with van der Waals surface area (Å²) >= 11 is 0. The summed E-state index contributed by atoms with van der Waals surface area (Å²) in [7, 11) is 2.10. The SMILES string of the molecule is CC(C)C(N)CC(=O)NC1CCCN(C)C1. The summed E-state index contributed by atoms with van der Waals surface area (Å²) in [5, 5.41) is 3.07. The van der Waals surface area contributed by atoms with Gasteiger partial charge in [-0.1, -0.05) is 13.8 Å². The lowest BCUT2D eigenvalue weighted by molar-refractivity contribution is -0.122. The Labute approximate surface area is 98.6 Å². The summed E-state index contributed by atoms with van der Waals surface area (Å²) in [5.41, 5.74) is 5.88. The standard InChI is InChI=1S/C12H25N3O/c1-9(2)11(13)7-12(16)14-10-5-4-6-15(3)8-10/h9-11H,4-8,13H2,1-3H3,(H,14,16). The van der Waals surface area contributed by atoms with Gasteiger partial charge in [0.2, 0.25) is 5.91 Å². The molecule has 0 aromatic rings. The number of likely N-dealkylation sites (N-methyl/N-ethyl adjacent to an activating group) is 1. The number of hydrogen-bond donors (Lipinski definition) is 2. The number of nitrogens with zero attached hydrogens (tertiary/aromatic N) is 1. The second kappa shape index (κ2) is 6.21. The van der Waals surface area contributed by atoms with Crippen molar-refractivity contribution in [2.24, 2.45) is 11.7 Å². The van der Waals surface area contributed by atoms with Crippen molar-refractivity contribution in [1.82, 2.24) is 10.2 Å².